The lowest BCUT2D eigenvalue weighted by molar-refractivity contribution is 0.250. The number of benzene rings is 1. The fourth-order valence-electron chi connectivity index (χ4n) is 2.64. The Bertz CT molecular complexity index is 517. The molecule has 1 aromatic heterocycles. The molecule has 2 heterocycles. The van der Waals surface area contributed by atoms with E-state index in [0.29, 0.717) is 0 Å². The molecule has 1 aliphatic heterocycles. The van der Waals surface area contributed by atoms with Crippen molar-refractivity contribution in [2.45, 2.75) is 18.3 Å². The normalized spacial score (nSPS) is 17.4. The van der Waals surface area contributed by atoms with E-state index < -0.39 is 0 Å². The molecule has 1 saturated heterocycles. The Morgan fingerprint density at radius 3 is 2.67 bits per heavy atom. The molecule has 0 atom stereocenters. The summed E-state index contributed by atoms with van der Waals surface area (Å²) in [5.74, 6) is -0.0654. The summed E-state index contributed by atoms with van der Waals surface area (Å²) in [6.07, 6.45) is 2.04. The van der Waals surface area contributed by atoms with Gasteiger partial charge in [-0.25, -0.2) is 4.39 Å². The highest BCUT2D eigenvalue weighted by Crippen LogP contribution is 2.35. The number of halogens is 1. The minimum atomic E-state index is -0.0654. The van der Waals surface area contributed by atoms with Crippen LogP contribution in [0.1, 0.15) is 17.5 Å². The number of aryl methyl sites for hydroxylation is 1. The molecular weight excluding hydrogens is 245 g/mol. The van der Waals surface area contributed by atoms with Crippen LogP contribution in [0.25, 0.3) is 0 Å². The first kappa shape index (κ1) is 11.9. The molecule has 0 spiro atoms. The lowest BCUT2D eigenvalue weighted by atomic mass is 9.71. The van der Waals surface area contributed by atoms with Gasteiger partial charge in [0.25, 0.3) is 0 Å². The molecule has 0 saturated carbocycles. The van der Waals surface area contributed by atoms with E-state index in [2.05, 4.69) is 22.1 Å². The molecule has 18 heavy (non-hydrogen) atoms. The number of thiophene rings is 1. The molecule has 1 fully saturated rings. The van der Waals surface area contributed by atoms with Crippen molar-refractivity contribution in [1.82, 2.24) is 5.32 Å². The van der Waals surface area contributed by atoms with E-state index in [9.17, 15) is 4.39 Å². The first-order valence-corrected chi connectivity index (χ1v) is 7.21. The smallest absolute Gasteiger partial charge is 0.127 e. The van der Waals surface area contributed by atoms with E-state index in [1.165, 1.54) is 5.56 Å². The Labute approximate surface area is 111 Å². The first-order valence-electron chi connectivity index (χ1n) is 6.27. The minimum Gasteiger partial charge on any atom is -0.315 e. The van der Waals surface area contributed by atoms with E-state index >= 15 is 0 Å². The fourth-order valence-corrected chi connectivity index (χ4v) is 3.34. The van der Waals surface area contributed by atoms with Crippen LogP contribution in [0.15, 0.2) is 41.1 Å². The van der Waals surface area contributed by atoms with Gasteiger partial charge in [-0.3, -0.25) is 0 Å². The fraction of sp³-hybridized carbons (Fsp3) is 0.333. The van der Waals surface area contributed by atoms with Crippen molar-refractivity contribution < 1.29 is 4.39 Å². The first-order chi connectivity index (χ1) is 8.80. The SMILES string of the molecule is Fc1ccccc1C1(CCc2ccsc2)CNC1. The Balaban J connectivity index is 1.80. The van der Waals surface area contributed by atoms with Crippen LogP contribution >= 0.6 is 11.3 Å². The van der Waals surface area contributed by atoms with Crippen LogP contribution < -0.4 is 5.32 Å². The molecule has 0 radical (unpaired) electrons. The number of rotatable bonds is 4. The van der Waals surface area contributed by atoms with Crippen LogP contribution in [-0.2, 0) is 11.8 Å². The van der Waals surface area contributed by atoms with Crippen molar-refractivity contribution >= 4 is 11.3 Å². The third kappa shape index (κ3) is 2.08. The molecule has 1 aromatic carbocycles. The summed E-state index contributed by atoms with van der Waals surface area (Å²) in [6.45, 7) is 1.77. The quantitative estimate of drug-likeness (QED) is 0.890. The van der Waals surface area contributed by atoms with Gasteiger partial charge in [-0.1, -0.05) is 18.2 Å². The van der Waals surface area contributed by atoms with Crippen molar-refractivity contribution in [3.63, 3.8) is 0 Å². The molecular formula is C15H16FNS. The van der Waals surface area contributed by atoms with Crippen molar-refractivity contribution in [2.75, 3.05) is 13.1 Å². The van der Waals surface area contributed by atoms with Gasteiger partial charge in [-0.05, 0) is 46.9 Å². The van der Waals surface area contributed by atoms with Crippen LogP contribution in [0.2, 0.25) is 0 Å². The van der Waals surface area contributed by atoms with Crippen LogP contribution in [0, 0.1) is 5.82 Å². The van der Waals surface area contributed by atoms with Gasteiger partial charge in [0.05, 0.1) is 0 Å². The molecule has 1 N–H and O–H groups in total. The van der Waals surface area contributed by atoms with E-state index in [-0.39, 0.29) is 11.2 Å². The lowest BCUT2D eigenvalue weighted by Crippen LogP contribution is -2.57. The average Bonchev–Trinajstić information content (AvgIpc) is 2.83. The molecule has 0 aliphatic carbocycles. The summed E-state index contributed by atoms with van der Waals surface area (Å²) in [5, 5.41) is 7.58. The molecule has 0 bridgehead atoms. The van der Waals surface area contributed by atoms with E-state index in [1.807, 2.05) is 12.1 Å². The zero-order valence-electron chi connectivity index (χ0n) is 10.2. The van der Waals surface area contributed by atoms with Crippen LogP contribution in [0.5, 0.6) is 0 Å². The van der Waals surface area contributed by atoms with Gasteiger partial charge < -0.3 is 5.32 Å². The average molecular weight is 261 g/mol. The maximum absolute atomic E-state index is 13.9. The zero-order valence-corrected chi connectivity index (χ0v) is 11.0. The van der Waals surface area contributed by atoms with Crippen LogP contribution in [0.3, 0.4) is 0 Å². The molecule has 3 rings (SSSR count). The monoisotopic (exact) mass is 261 g/mol. The van der Waals surface area contributed by atoms with Crippen LogP contribution in [0.4, 0.5) is 4.39 Å². The highest BCUT2D eigenvalue weighted by Gasteiger charge is 2.39. The molecule has 3 heteroatoms. The second-order valence-corrected chi connectivity index (χ2v) is 5.78. The maximum atomic E-state index is 13.9. The van der Waals surface area contributed by atoms with Crippen molar-refractivity contribution in [3.8, 4) is 0 Å². The number of hydrogen-bond acceptors (Lipinski definition) is 2. The van der Waals surface area contributed by atoms with Crippen LogP contribution in [-0.4, -0.2) is 13.1 Å². The molecule has 1 aliphatic rings. The van der Waals surface area contributed by atoms with Gasteiger partial charge in [-0.2, -0.15) is 11.3 Å². The van der Waals surface area contributed by atoms with Gasteiger partial charge in [-0.15, -0.1) is 0 Å². The van der Waals surface area contributed by atoms with E-state index in [1.54, 1.807) is 23.5 Å². The van der Waals surface area contributed by atoms with Gasteiger partial charge in [0.15, 0.2) is 0 Å². The summed E-state index contributed by atoms with van der Waals surface area (Å²) >= 11 is 1.73. The predicted molar refractivity (Wildman–Crippen MR) is 73.6 cm³/mol. The zero-order chi connectivity index (χ0) is 12.4. The Kier molecular flexibility index (Phi) is 3.18. The molecule has 94 valence electrons. The highest BCUT2D eigenvalue weighted by atomic mass is 32.1. The van der Waals surface area contributed by atoms with E-state index in [4.69, 9.17) is 0 Å². The molecule has 0 amide bonds. The van der Waals surface area contributed by atoms with Gasteiger partial charge in [0.1, 0.15) is 5.82 Å². The second kappa shape index (κ2) is 4.82. The summed E-state index contributed by atoms with van der Waals surface area (Å²) in [4.78, 5) is 0. The number of hydrogen-bond donors (Lipinski definition) is 1. The molecule has 0 unspecified atom stereocenters. The summed E-state index contributed by atoms with van der Waals surface area (Å²) in [5.41, 5.74) is 2.23. The van der Waals surface area contributed by atoms with Gasteiger partial charge in [0.2, 0.25) is 0 Å². The molecule has 1 nitrogen and oxygen atoms in total. The topological polar surface area (TPSA) is 12.0 Å². The lowest BCUT2D eigenvalue weighted by Gasteiger charge is -2.43. The van der Waals surface area contributed by atoms with Crippen molar-refractivity contribution in [2.24, 2.45) is 0 Å². The Hall–Kier alpha value is -1.19. The summed E-state index contributed by atoms with van der Waals surface area (Å²) in [7, 11) is 0. The minimum absolute atomic E-state index is 0.00667. The third-order valence-corrected chi connectivity index (χ3v) is 4.58. The maximum Gasteiger partial charge on any atom is 0.127 e. The predicted octanol–water partition coefficient (Wildman–Crippen LogP) is 3.36. The third-order valence-electron chi connectivity index (χ3n) is 3.84. The Morgan fingerprint density at radius 1 is 1.22 bits per heavy atom. The number of nitrogens with one attached hydrogen (secondary N) is 1. The van der Waals surface area contributed by atoms with Gasteiger partial charge in [0, 0.05) is 18.5 Å². The standard InChI is InChI=1S/C15H16FNS/c16-14-4-2-1-3-13(14)15(10-17-11-15)7-5-12-6-8-18-9-12/h1-4,6,8-9,17H,5,7,10-11H2. The van der Waals surface area contributed by atoms with Crippen molar-refractivity contribution in [1.29, 1.82) is 0 Å². The summed E-state index contributed by atoms with van der Waals surface area (Å²) < 4.78 is 13.9. The van der Waals surface area contributed by atoms with Crippen molar-refractivity contribution in [3.05, 3.63) is 58.0 Å². The van der Waals surface area contributed by atoms with E-state index in [0.717, 1.165) is 31.5 Å². The Morgan fingerprint density at radius 2 is 2.06 bits per heavy atom. The second-order valence-electron chi connectivity index (χ2n) is 5.00. The highest BCUT2D eigenvalue weighted by molar-refractivity contribution is 7.07. The van der Waals surface area contributed by atoms with Gasteiger partial charge >= 0.3 is 0 Å². The molecule has 2 aromatic rings. The summed E-state index contributed by atoms with van der Waals surface area (Å²) in [6, 6.07) is 9.36. The largest absolute Gasteiger partial charge is 0.315 e.